The van der Waals surface area contributed by atoms with Crippen molar-refractivity contribution in [1.82, 2.24) is 5.32 Å². The first kappa shape index (κ1) is 16.5. The van der Waals surface area contributed by atoms with Crippen LogP contribution in [0.1, 0.15) is 11.1 Å². The lowest BCUT2D eigenvalue weighted by molar-refractivity contribution is -0.119. The Balaban J connectivity index is 1.76. The largest absolute Gasteiger partial charge is 0.457 e. The molecule has 0 aliphatic heterocycles. The maximum Gasteiger partial charge on any atom is 0.224 e. The van der Waals surface area contributed by atoms with Gasteiger partial charge in [-0.05, 0) is 52.2 Å². The Morgan fingerprint density at radius 1 is 1.04 bits per heavy atom. The number of likely N-dealkylation sites (N-methyl/N-ethyl adjacent to an activating group) is 1. The Kier molecular flexibility index (Phi) is 4.95. The molecule has 0 atom stereocenters. The molecular weight excluding hydrogens is 314 g/mol. The van der Waals surface area contributed by atoms with Crippen LogP contribution in [0, 0.1) is 0 Å². The molecule has 0 unspecified atom stereocenters. The van der Waals surface area contributed by atoms with Crippen molar-refractivity contribution < 1.29 is 9.53 Å². The van der Waals surface area contributed by atoms with Gasteiger partial charge in [-0.15, -0.1) is 0 Å². The monoisotopic (exact) mass is 333 g/mol. The molecule has 0 spiro atoms. The molecule has 0 aliphatic carbocycles. The first-order chi connectivity index (χ1) is 12.2. The third-order valence-corrected chi connectivity index (χ3v) is 3.86. The number of carbonyl (C=O) groups excluding carboxylic acids is 1. The molecule has 0 fully saturated rings. The van der Waals surface area contributed by atoms with Gasteiger partial charge in [-0.1, -0.05) is 30.3 Å². The van der Waals surface area contributed by atoms with Crippen molar-refractivity contribution in [2.45, 2.75) is 6.42 Å². The molecule has 0 radical (unpaired) electrons. The Hall–Kier alpha value is -3.34. The van der Waals surface area contributed by atoms with Gasteiger partial charge in [0.1, 0.15) is 11.5 Å². The number of nitrogens with one attached hydrogen (secondary N) is 1. The van der Waals surface area contributed by atoms with E-state index in [2.05, 4.69) is 10.4 Å². The summed E-state index contributed by atoms with van der Waals surface area (Å²) >= 11 is 0. The first-order valence-corrected chi connectivity index (χ1v) is 7.92. The molecule has 0 aliphatic rings. The molecule has 25 heavy (non-hydrogen) atoms. The molecule has 0 heterocycles. The zero-order valence-electron chi connectivity index (χ0n) is 13.9. The van der Waals surface area contributed by atoms with Crippen molar-refractivity contribution in [3.63, 3.8) is 0 Å². The van der Waals surface area contributed by atoms with E-state index in [4.69, 9.17) is 10.6 Å². The summed E-state index contributed by atoms with van der Waals surface area (Å²) in [5.41, 5.74) is 1.90. The summed E-state index contributed by atoms with van der Waals surface area (Å²) in [7, 11) is 1.63. The van der Waals surface area contributed by atoms with Gasteiger partial charge in [0.25, 0.3) is 0 Å². The number of ether oxygens (including phenoxy) is 1. The maximum atomic E-state index is 11.4. The number of benzene rings is 3. The maximum absolute atomic E-state index is 11.4. The highest BCUT2D eigenvalue weighted by atomic mass is 16.5. The molecule has 5 nitrogen and oxygen atoms in total. The normalized spacial score (nSPS) is 10.9. The van der Waals surface area contributed by atoms with Crippen molar-refractivity contribution in [3.05, 3.63) is 71.8 Å². The predicted octanol–water partition coefficient (Wildman–Crippen LogP) is 3.21. The van der Waals surface area contributed by atoms with Gasteiger partial charge in [-0.25, -0.2) is 0 Å². The third kappa shape index (κ3) is 4.14. The standard InChI is InChI=1S/C20H19N3O2/c1-22-20(24)11-14-3-7-18(8-4-14)25-19-9-6-16-10-15(13-23-21)2-5-17(16)12-19/h2-10,12-13H,11,21H2,1H3,(H,22,24). The lowest BCUT2D eigenvalue weighted by Crippen LogP contribution is -2.19. The summed E-state index contributed by atoms with van der Waals surface area (Å²) in [6.07, 6.45) is 1.98. The van der Waals surface area contributed by atoms with Gasteiger partial charge in [0, 0.05) is 7.05 Å². The van der Waals surface area contributed by atoms with Gasteiger partial charge >= 0.3 is 0 Å². The smallest absolute Gasteiger partial charge is 0.224 e. The summed E-state index contributed by atoms with van der Waals surface area (Å²) < 4.78 is 5.90. The van der Waals surface area contributed by atoms with E-state index in [1.807, 2.05) is 60.7 Å². The van der Waals surface area contributed by atoms with Gasteiger partial charge in [0.2, 0.25) is 5.91 Å². The van der Waals surface area contributed by atoms with Crippen LogP contribution in [0.15, 0.2) is 65.8 Å². The predicted molar refractivity (Wildman–Crippen MR) is 100 cm³/mol. The quantitative estimate of drug-likeness (QED) is 0.427. The van der Waals surface area contributed by atoms with Gasteiger partial charge in [0.15, 0.2) is 0 Å². The number of hydrogen-bond donors (Lipinski definition) is 2. The fraction of sp³-hybridized carbons (Fsp3) is 0.100. The van der Waals surface area contributed by atoms with Crippen molar-refractivity contribution in [2.75, 3.05) is 7.05 Å². The second-order valence-electron chi connectivity index (χ2n) is 5.64. The van der Waals surface area contributed by atoms with E-state index >= 15 is 0 Å². The molecule has 3 aromatic rings. The zero-order chi connectivity index (χ0) is 17.6. The van der Waals surface area contributed by atoms with Gasteiger partial charge < -0.3 is 15.9 Å². The minimum absolute atomic E-state index is 0.0118. The van der Waals surface area contributed by atoms with Crippen LogP contribution in [-0.4, -0.2) is 19.2 Å². The summed E-state index contributed by atoms with van der Waals surface area (Å²) in [6, 6.07) is 19.4. The van der Waals surface area contributed by atoms with Crippen LogP contribution in [0.2, 0.25) is 0 Å². The number of nitrogens with zero attached hydrogens (tertiary/aromatic N) is 1. The highest BCUT2D eigenvalue weighted by Crippen LogP contribution is 2.26. The fourth-order valence-corrected chi connectivity index (χ4v) is 2.56. The number of nitrogens with two attached hydrogens (primary N) is 1. The van der Waals surface area contributed by atoms with E-state index < -0.39 is 0 Å². The fourth-order valence-electron chi connectivity index (χ4n) is 2.56. The number of fused-ring (bicyclic) bond motifs is 1. The molecule has 3 N–H and O–H groups in total. The summed E-state index contributed by atoms with van der Waals surface area (Å²) in [4.78, 5) is 11.4. The average Bonchev–Trinajstić information content (AvgIpc) is 2.63. The molecule has 5 heteroatoms. The number of rotatable bonds is 5. The van der Waals surface area contributed by atoms with Crippen molar-refractivity contribution >= 4 is 22.9 Å². The topological polar surface area (TPSA) is 76.7 Å². The van der Waals surface area contributed by atoms with Crippen LogP contribution in [-0.2, 0) is 11.2 Å². The highest BCUT2D eigenvalue weighted by molar-refractivity contribution is 5.91. The van der Waals surface area contributed by atoms with E-state index in [9.17, 15) is 4.79 Å². The molecule has 0 saturated heterocycles. The van der Waals surface area contributed by atoms with Crippen molar-refractivity contribution in [3.8, 4) is 11.5 Å². The second kappa shape index (κ2) is 7.49. The number of hydrazone groups is 1. The van der Waals surface area contributed by atoms with E-state index in [-0.39, 0.29) is 5.91 Å². The highest BCUT2D eigenvalue weighted by Gasteiger charge is 2.03. The van der Waals surface area contributed by atoms with Crippen molar-refractivity contribution in [2.24, 2.45) is 10.9 Å². The Labute approximate surface area is 146 Å². The Morgan fingerprint density at radius 3 is 2.44 bits per heavy atom. The van der Waals surface area contributed by atoms with Crippen LogP contribution in [0.5, 0.6) is 11.5 Å². The lowest BCUT2D eigenvalue weighted by atomic mass is 10.1. The molecule has 0 aromatic heterocycles. The molecule has 0 bridgehead atoms. The molecule has 3 aromatic carbocycles. The Morgan fingerprint density at radius 2 is 1.72 bits per heavy atom. The number of carbonyl (C=O) groups is 1. The zero-order valence-corrected chi connectivity index (χ0v) is 13.9. The second-order valence-corrected chi connectivity index (χ2v) is 5.64. The van der Waals surface area contributed by atoms with Gasteiger partial charge in [-0.3, -0.25) is 4.79 Å². The summed E-state index contributed by atoms with van der Waals surface area (Å²) in [6.45, 7) is 0. The first-order valence-electron chi connectivity index (χ1n) is 7.92. The number of hydrogen-bond acceptors (Lipinski definition) is 4. The van der Waals surface area contributed by atoms with E-state index in [1.54, 1.807) is 13.3 Å². The average molecular weight is 333 g/mol. The van der Waals surface area contributed by atoms with Crippen molar-refractivity contribution in [1.29, 1.82) is 0 Å². The van der Waals surface area contributed by atoms with E-state index in [0.29, 0.717) is 6.42 Å². The molecular formula is C20H19N3O2. The minimum Gasteiger partial charge on any atom is -0.457 e. The van der Waals surface area contributed by atoms with Gasteiger partial charge in [0.05, 0.1) is 12.6 Å². The molecule has 1 amide bonds. The van der Waals surface area contributed by atoms with Gasteiger partial charge in [-0.2, -0.15) is 5.10 Å². The van der Waals surface area contributed by atoms with Crippen LogP contribution in [0.4, 0.5) is 0 Å². The van der Waals surface area contributed by atoms with E-state index in [0.717, 1.165) is 33.4 Å². The lowest BCUT2D eigenvalue weighted by Gasteiger charge is -2.08. The van der Waals surface area contributed by atoms with E-state index in [1.165, 1.54) is 0 Å². The molecule has 3 rings (SSSR count). The minimum atomic E-state index is -0.0118. The summed E-state index contributed by atoms with van der Waals surface area (Å²) in [5, 5.41) is 8.31. The summed E-state index contributed by atoms with van der Waals surface area (Å²) in [5.74, 6) is 6.66. The Bertz CT molecular complexity index is 918. The van der Waals surface area contributed by atoms with Crippen LogP contribution >= 0.6 is 0 Å². The van der Waals surface area contributed by atoms with Crippen LogP contribution in [0.25, 0.3) is 10.8 Å². The third-order valence-electron chi connectivity index (χ3n) is 3.86. The van der Waals surface area contributed by atoms with Crippen LogP contribution < -0.4 is 15.9 Å². The SMILES string of the molecule is CNC(=O)Cc1ccc(Oc2ccc3cc(C=NN)ccc3c2)cc1. The van der Waals surface area contributed by atoms with Crippen LogP contribution in [0.3, 0.4) is 0 Å². The molecule has 126 valence electrons. The number of amides is 1. The molecule has 0 saturated carbocycles.